The molecule has 4 heterocycles. The number of hydrogen-bond donors (Lipinski definition) is 1. The average Bonchev–Trinajstić information content (AvgIpc) is 3.47. The van der Waals surface area contributed by atoms with Crippen molar-refractivity contribution in [3.8, 4) is 0 Å². The quantitative estimate of drug-likeness (QED) is 0.429. The number of fused-ring (bicyclic) bond motifs is 1. The van der Waals surface area contributed by atoms with Crippen molar-refractivity contribution in [1.29, 1.82) is 0 Å². The maximum atomic E-state index is 14.3. The number of aliphatic hydroxyl groups excluding tert-OH is 1. The molecule has 3 aliphatic rings. The molecule has 3 fully saturated rings. The van der Waals surface area contributed by atoms with Gasteiger partial charge in [0.05, 0.1) is 11.1 Å². The van der Waals surface area contributed by atoms with E-state index in [4.69, 9.17) is 0 Å². The smallest absolute Gasteiger partial charge is 0.396 e. The van der Waals surface area contributed by atoms with Crippen molar-refractivity contribution in [3.63, 3.8) is 0 Å². The zero-order chi connectivity index (χ0) is 28.9. The van der Waals surface area contributed by atoms with E-state index in [2.05, 4.69) is 22.0 Å². The van der Waals surface area contributed by atoms with Crippen LogP contribution in [0, 0.1) is 23.7 Å². The summed E-state index contributed by atoms with van der Waals surface area (Å²) >= 11 is 0. The molecule has 2 saturated carbocycles. The number of nitrogens with zero attached hydrogens (tertiary/aromatic N) is 6. The van der Waals surface area contributed by atoms with Crippen LogP contribution in [0.5, 0.6) is 0 Å². The number of aliphatic hydroxyl groups is 1. The van der Waals surface area contributed by atoms with Crippen LogP contribution in [-0.4, -0.2) is 53.4 Å². The molecule has 224 valence electrons. The molecular weight excluding hydrogens is 533 g/mol. The van der Waals surface area contributed by atoms with Gasteiger partial charge in [-0.3, -0.25) is 13.9 Å². The van der Waals surface area contributed by atoms with Gasteiger partial charge in [0.1, 0.15) is 12.2 Å². The maximum absolute atomic E-state index is 14.3. The van der Waals surface area contributed by atoms with Gasteiger partial charge in [-0.1, -0.05) is 13.3 Å². The summed E-state index contributed by atoms with van der Waals surface area (Å²) in [6.07, 6.45) is 7.55. The molecule has 0 aromatic carbocycles. The van der Waals surface area contributed by atoms with Gasteiger partial charge in [0.15, 0.2) is 0 Å². The maximum Gasteiger partial charge on any atom is 0.418 e. The minimum atomic E-state index is -4.56. The van der Waals surface area contributed by atoms with Crippen LogP contribution in [-0.2, 0) is 19.8 Å². The predicted octanol–water partition coefficient (Wildman–Crippen LogP) is 5.01. The van der Waals surface area contributed by atoms with E-state index < -0.39 is 17.4 Å². The monoisotopic (exact) mass is 574 g/mol. The normalized spacial score (nSPS) is 28.6. The van der Waals surface area contributed by atoms with Crippen LogP contribution >= 0.6 is 0 Å². The predicted molar refractivity (Wildman–Crippen MR) is 148 cm³/mol. The number of likely N-dealkylation sites (tertiary alicyclic amines) is 1. The van der Waals surface area contributed by atoms with E-state index >= 15 is 0 Å². The van der Waals surface area contributed by atoms with E-state index in [1.165, 1.54) is 16.7 Å². The highest BCUT2D eigenvalue weighted by atomic mass is 19.4. The summed E-state index contributed by atoms with van der Waals surface area (Å²) in [6.45, 7) is 4.47. The Morgan fingerprint density at radius 3 is 2.59 bits per heavy atom. The van der Waals surface area contributed by atoms with Crippen molar-refractivity contribution in [2.24, 2.45) is 30.7 Å². The molecule has 1 aliphatic heterocycles. The number of rotatable bonds is 7. The molecule has 41 heavy (non-hydrogen) atoms. The van der Waals surface area contributed by atoms with Gasteiger partial charge in [-0.2, -0.15) is 13.2 Å². The fourth-order valence-corrected chi connectivity index (χ4v) is 7.94. The number of halogens is 3. The molecule has 0 spiro atoms. The summed E-state index contributed by atoms with van der Waals surface area (Å²) in [5, 5.41) is 18.2. The van der Waals surface area contributed by atoms with Crippen molar-refractivity contribution in [1.82, 2.24) is 28.6 Å². The zero-order valence-corrected chi connectivity index (χ0v) is 23.9. The lowest BCUT2D eigenvalue weighted by molar-refractivity contribution is -0.136. The molecule has 3 aromatic rings. The van der Waals surface area contributed by atoms with Crippen LogP contribution in [0.1, 0.15) is 87.2 Å². The second-order valence-electron chi connectivity index (χ2n) is 13.0. The first-order valence-electron chi connectivity index (χ1n) is 15.1. The standard InChI is InChI=1S/C30H41F3N6O2/c1-19-5-4-8-37(13-19)14-21-11-25(30(31,32)33)26-16-38(29(41)39(26)15-21)24-7-3-6-22(12-24)27(23-9-20(10-23)17-40)28-35-34-18-36(28)2/h11,15-16,18-20,22-24,27,40H,3-10,12-14,17H2,1-2H3/t19-,20?,22?,23?,24?,27+/m0/s1. The van der Waals surface area contributed by atoms with E-state index in [9.17, 15) is 23.1 Å². The van der Waals surface area contributed by atoms with E-state index in [1.54, 1.807) is 17.1 Å². The first-order chi connectivity index (χ1) is 19.6. The number of hydrogen-bond acceptors (Lipinski definition) is 5. The number of aromatic nitrogens is 5. The Hall–Kier alpha value is -2.66. The molecule has 11 heteroatoms. The summed E-state index contributed by atoms with van der Waals surface area (Å²) in [5.41, 5.74) is -0.699. The highest BCUT2D eigenvalue weighted by Gasteiger charge is 2.43. The summed E-state index contributed by atoms with van der Waals surface area (Å²) < 4.78 is 47.7. The Bertz CT molecular complexity index is 1420. The van der Waals surface area contributed by atoms with Gasteiger partial charge in [-0.15, -0.1) is 10.2 Å². The first kappa shape index (κ1) is 28.5. The van der Waals surface area contributed by atoms with Crippen molar-refractivity contribution >= 4 is 5.52 Å². The Kier molecular flexibility index (Phi) is 7.78. The lowest BCUT2D eigenvalue weighted by atomic mass is 9.62. The minimum Gasteiger partial charge on any atom is -0.396 e. The van der Waals surface area contributed by atoms with Gasteiger partial charge in [0, 0.05) is 51.1 Å². The first-order valence-corrected chi connectivity index (χ1v) is 15.1. The summed E-state index contributed by atoms with van der Waals surface area (Å²) in [5.74, 6) is 2.48. The second kappa shape index (κ2) is 11.2. The van der Waals surface area contributed by atoms with Crippen LogP contribution in [0.15, 0.2) is 29.6 Å². The fourth-order valence-electron chi connectivity index (χ4n) is 7.94. The van der Waals surface area contributed by atoms with Gasteiger partial charge < -0.3 is 9.67 Å². The number of aryl methyl sites for hydroxylation is 1. The summed E-state index contributed by atoms with van der Waals surface area (Å²) in [4.78, 5) is 15.9. The number of imidazole rings is 1. The summed E-state index contributed by atoms with van der Waals surface area (Å²) in [7, 11) is 1.94. The zero-order valence-electron chi connectivity index (χ0n) is 23.9. The molecule has 1 saturated heterocycles. The lowest BCUT2D eigenvalue weighted by Crippen LogP contribution is -2.38. The van der Waals surface area contributed by atoms with E-state index in [1.807, 2.05) is 11.6 Å². The molecule has 1 N–H and O–H groups in total. The molecule has 3 aromatic heterocycles. The molecule has 6 rings (SSSR count). The van der Waals surface area contributed by atoms with Gasteiger partial charge in [0.25, 0.3) is 0 Å². The highest BCUT2D eigenvalue weighted by molar-refractivity contribution is 5.56. The van der Waals surface area contributed by atoms with E-state index in [0.29, 0.717) is 36.3 Å². The molecule has 8 nitrogen and oxygen atoms in total. The van der Waals surface area contributed by atoms with Gasteiger partial charge >= 0.3 is 11.9 Å². The molecular formula is C30H41F3N6O2. The van der Waals surface area contributed by atoms with Gasteiger partial charge in [-0.25, -0.2) is 4.79 Å². The third-order valence-electron chi connectivity index (χ3n) is 9.97. The molecule has 2 aliphatic carbocycles. The van der Waals surface area contributed by atoms with Crippen molar-refractivity contribution < 1.29 is 18.3 Å². The Morgan fingerprint density at radius 1 is 1.10 bits per heavy atom. The Morgan fingerprint density at radius 2 is 1.90 bits per heavy atom. The molecule has 0 amide bonds. The topological polar surface area (TPSA) is 80.6 Å². The average molecular weight is 575 g/mol. The van der Waals surface area contributed by atoms with Crippen LogP contribution in [0.25, 0.3) is 5.52 Å². The lowest BCUT2D eigenvalue weighted by Gasteiger charge is -2.44. The molecule has 0 radical (unpaired) electrons. The molecule has 2 unspecified atom stereocenters. The third-order valence-corrected chi connectivity index (χ3v) is 9.97. The van der Waals surface area contributed by atoms with Crippen LogP contribution in [0.2, 0.25) is 0 Å². The van der Waals surface area contributed by atoms with Crippen molar-refractivity contribution in [3.05, 3.63) is 52.2 Å². The van der Waals surface area contributed by atoms with Crippen LogP contribution < -0.4 is 5.69 Å². The second-order valence-corrected chi connectivity index (χ2v) is 13.0. The SMILES string of the molecule is C[C@H]1CCCN(Cc2cc(C(F)(F)F)c3cn(C4CCCC([C@@H](c5nncn5C)C5CC(CO)C5)C4)c(=O)n3c2)C1. The van der Waals surface area contributed by atoms with Crippen molar-refractivity contribution in [2.45, 2.75) is 83.0 Å². The van der Waals surface area contributed by atoms with Gasteiger partial charge in [-0.05, 0) is 86.8 Å². The number of piperidine rings is 1. The van der Waals surface area contributed by atoms with E-state index in [0.717, 1.165) is 63.9 Å². The number of pyridine rings is 1. The largest absolute Gasteiger partial charge is 0.418 e. The highest BCUT2D eigenvalue weighted by Crippen LogP contribution is 2.50. The minimum absolute atomic E-state index is 0.0741. The van der Waals surface area contributed by atoms with Crippen molar-refractivity contribution in [2.75, 3.05) is 19.7 Å². The fraction of sp³-hybridized carbons (Fsp3) is 0.700. The summed E-state index contributed by atoms with van der Waals surface area (Å²) in [6, 6.07) is 1.05. The third kappa shape index (κ3) is 5.59. The van der Waals surface area contributed by atoms with Gasteiger partial charge in [0.2, 0.25) is 0 Å². The van der Waals surface area contributed by atoms with Crippen LogP contribution in [0.3, 0.4) is 0 Å². The van der Waals surface area contributed by atoms with Crippen LogP contribution in [0.4, 0.5) is 13.2 Å². The Labute approximate surface area is 238 Å². The molecule has 0 bridgehead atoms. The number of alkyl halides is 3. The molecule has 4 atom stereocenters. The Balaban J connectivity index is 1.31. The van der Waals surface area contributed by atoms with E-state index in [-0.39, 0.29) is 30.0 Å².